The third-order valence-electron chi connectivity index (χ3n) is 5.13. The van der Waals surface area contributed by atoms with Crippen molar-refractivity contribution in [2.75, 3.05) is 10.6 Å². The Morgan fingerprint density at radius 2 is 1.48 bits per heavy atom. The van der Waals surface area contributed by atoms with E-state index in [4.69, 9.17) is 0 Å². The molecule has 0 atom stereocenters. The van der Waals surface area contributed by atoms with Gasteiger partial charge in [-0.1, -0.05) is 66.7 Å². The van der Waals surface area contributed by atoms with Gasteiger partial charge in [-0.3, -0.25) is 14.4 Å². The van der Waals surface area contributed by atoms with Crippen molar-refractivity contribution in [1.29, 1.82) is 0 Å². The van der Waals surface area contributed by atoms with Crippen LogP contribution in [0.25, 0.3) is 22.4 Å². The Labute approximate surface area is 190 Å². The molecule has 0 spiro atoms. The van der Waals surface area contributed by atoms with Crippen LogP contribution in [0.4, 0.5) is 11.4 Å². The van der Waals surface area contributed by atoms with Gasteiger partial charge in [0.2, 0.25) is 5.91 Å². The number of rotatable bonds is 5. The van der Waals surface area contributed by atoms with Crippen LogP contribution in [0.1, 0.15) is 22.8 Å². The van der Waals surface area contributed by atoms with Crippen molar-refractivity contribution in [2.24, 2.45) is 0 Å². The monoisotopic (exact) mass is 438 g/mol. The molecule has 3 aromatic carbocycles. The molecule has 33 heavy (non-hydrogen) atoms. The summed E-state index contributed by atoms with van der Waals surface area (Å²) in [4.78, 5) is 37.8. The van der Waals surface area contributed by atoms with Gasteiger partial charge in [-0.15, -0.1) is 0 Å². The summed E-state index contributed by atoms with van der Waals surface area (Å²) in [7, 11) is 0. The van der Waals surface area contributed by atoms with Gasteiger partial charge in [-0.25, -0.2) is 5.10 Å². The molecular formula is C26H22N4O3. The molecule has 0 saturated carbocycles. The summed E-state index contributed by atoms with van der Waals surface area (Å²) in [6.45, 7) is 3.24. The number of nitrogens with zero attached hydrogens (tertiary/aromatic N) is 1. The molecule has 0 radical (unpaired) electrons. The summed E-state index contributed by atoms with van der Waals surface area (Å²) in [5.41, 5.74) is 3.58. The van der Waals surface area contributed by atoms with Gasteiger partial charge in [-0.05, 0) is 30.2 Å². The van der Waals surface area contributed by atoms with Crippen LogP contribution in [0.3, 0.4) is 0 Å². The van der Waals surface area contributed by atoms with Crippen molar-refractivity contribution in [3.63, 3.8) is 0 Å². The Kier molecular flexibility index (Phi) is 6.13. The first-order valence-corrected chi connectivity index (χ1v) is 10.4. The van der Waals surface area contributed by atoms with E-state index in [-0.39, 0.29) is 11.5 Å². The minimum Gasteiger partial charge on any atom is -0.326 e. The fraction of sp³-hybridized carbons (Fsp3) is 0.0769. The van der Waals surface area contributed by atoms with Crippen molar-refractivity contribution >= 4 is 23.2 Å². The Hall–Kier alpha value is -4.52. The third-order valence-corrected chi connectivity index (χ3v) is 5.13. The topological polar surface area (TPSA) is 104 Å². The molecule has 0 saturated heterocycles. The van der Waals surface area contributed by atoms with Crippen LogP contribution >= 0.6 is 0 Å². The van der Waals surface area contributed by atoms with Gasteiger partial charge in [0.25, 0.3) is 11.5 Å². The predicted molar refractivity (Wildman–Crippen MR) is 129 cm³/mol. The second kappa shape index (κ2) is 9.32. The zero-order valence-corrected chi connectivity index (χ0v) is 18.2. The van der Waals surface area contributed by atoms with E-state index >= 15 is 0 Å². The molecule has 0 unspecified atom stereocenters. The smallest absolute Gasteiger partial charge is 0.277 e. The lowest BCUT2D eigenvalue weighted by Crippen LogP contribution is -2.26. The van der Waals surface area contributed by atoms with Crippen LogP contribution < -0.4 is 16.2 Å². The minimum atomic E-state index is -0.596. The van der Waals surface area contributed by atoms with Crippen LogP contribution in [0.15, 0.2) is 83.7 Å². The molecule has 0 fully saturated rings. The van der Waals surface area contributed by atoms with Gasteiger partial charge in [0.1, 0.15) is 5.56 Å². The highest BCUT2D eigenvalue weighted by Crippen LogP contribution is 2.32. The second-order valence-corrected chi connectivity index (χ2v) is 7.55. The number of benzene rings is 3. The summed E-state index contributed by atoms with van der Waals surface area (Å²) >= 11 is 0. The fourth-order valence-electron chi connectivity index (χ4n) is 3.58. The SMILES string of the molecule is CC(=O)Nc1ccc(C)c(NC(=O)c2c(-c3ccccc3)c(-c3ccccc3)n[nH]c2=O)c1. The number of aryl methyl sites for hydroxylation is 1. The van der Waals surface area contributed by atoms with Crippen molar-refractivity contribution in [2.45, 2.75) is 13.8 Å². The van der Waals surface area contributed by atoms with Crippen molar-refractivity contribution < 1.29 is 9.59 Å². The van der Waals surface area contributed by atoms with E-state index in [1.54, 1.807) is 18.2 Å². The molecule has 1 heterocycles. The first-order chi connectivity index (χ1) is 15.9. The van der Waals surface area contributed by atoms with Gasteiger partial charge in [0.05, 0.1) is 5.69 Å². The molecule has 1 aromatic heterocycles. The van der Waals surface area contributed by atoms with Crippen LogP contribution in [0.2, 0.25) is 0 Å². The largest absolute Gasteiger partial charge is 0.326 e. The van der Waals surface area contributed by atoms with Crippen LogP contribution in [0, 0.1) is 6.92 Å². The van der Waals surface area contributed by atoms with E-state index in [0.29, 0.717) is 28.2 Å². The molecular weight excluding hydrogens is 416 g/mol. The van der Waals surface area contributed by atoms with Gasteiger partial charge >= 0.3 is 0 Å². The number of amides is 2. The Morgan fingerprint density at radius 3 is 2.12 bits per heavy atom. The molecule has 3 N–H and O–H groups in total. The lowest BCUT2D eigenvalue weighted by molar-refractivity contribution is -0.114. The molecule has 7 nitrogen and oxygen atoms in total. The first-order valence-electron chi connectivity index (χ1n) is 10.4. The van der Waals surface area contributed by atoms with E-state index < -0.39 is 11.5 Å². The number of carbonyl (C=O) groups excluding carboxylic acids is 2. The quantitative estimate of drug-likeness (QED) is 0.423. The zero-order chi connectivity index (χ0) is 23.4. The standard InChI is InChI=1S/C26H22N4O3/c1-16-13-14-20(27-17(2)31)15-21(16)28-25(32)23-22(18-9-5-3-6-10-18)24(29-30-26(23)33)19-11-7-4-8-12-19/h3-15H,1-2H3,(H,27,31)(H,28,32)(H,30,33). The Morgan fingerprint density at radius 1 is 0.848 bits per heavy atom. The molecule has 7 heteroatoms. The van der Waals surface area contributed by atoms with E-state index in [9.17, 15) is 14.4 Å². The van der Waals surface area contributed by atoms with Gasteiger partial charge in [0, 0.05) is 29.4 Å². The number of aromatic amines is 1. The predicted octanol–water partition coefficient (Wildman–Crippen LogP) is 4.62. The molecule has 0 bridgehead atoms. The summed E-state index contributed by atoms with van der Waals surface area (Å²) in [5.74, 6) is -0.793. The number of anilines is 2. The highest BCUT2D eigenvalue weighted by Gasteiger charge is 2.23. The minimum absolute atomic E-state index is 0.0422. The van der Waals surface area contributed by atoms with E-state index in [1.807, 2.05) is 67.6 Å². The number of hydrogen-bond donors (Lipinski definition) is 3. The van der Waals surface area contributed by atoms with Crippen LogP contribution in [0.5, 0.6) is 0 Å². The Bertz CT molecular complexity index is 1380. The Balaban J connectivity index is 1.85. The summed E-state index contributed by atoms with van der Waals surface area (Å²) in [5, 5.41) is 12.3. The summed E-state index contributed by atoms with van der Waals surface area (Å²) < 4.78 is 0. The lowest BCUT2D eigenvalue weighted by atomic mass is 9.95. The van der Waals surface area contributed by atoms with Crippen molar-refractivity contribution in [3.05, 3.63) is 100 Å². The zero-order valence-electron chi connectivity index (χ0n) is 18.2. The van der Waals surface area contributed by atoms with Crippen molar-refractivity contribution in [1.82, 2.24) is 10.2 Å². The maximum atomic E-state index is 13.5. The van der Waals surface area contributed by atoms with Crippen LogP contribution in [-0.2, 0) is 4.79 Å². The second-order valence-electron chi connectivity index (χ2n) is 7.55. The fourth-order valence-corrected chi connectivity index (χ4v) is 3.58. The highest BCUT2D eigenvalue weighted by atomic mass is 16.2. The van der Waals surface area contributed by atoms with E-state index in [0.717, 1.165) is 11.1 Å². The maximum Gasteiger partial charge on any atom is 0.277 e. The lowest BCUT2D eigenvalue weighted by Gasteiger charge is -2.15. The van der Waals surface area contributed by atoms with Crippen molar-refractivity contribution in [3.8, 4) is 22.4 Å². The number of aromatic nitrogens is 2. The molecule has 0 aliphatic heterocycles. The van der Waals surface area contributed by atoms with E-state index in [1.165, 1.54) is 6.92 Å². The average Bonchev–Trinajstić information content (AvgIpc) is 2.81. The average molecular weight is 438 g/mol. The third kappa shape index (κ3) is 4.72. The molecule has 4 rings (SSSR count). The molecule has 4 aromatic rings. The highest BCUT2D eigenvalue weighted by molar-refractivity contribution is 6.10. The van der Waals surface area contributed by atoms with Gasteiger partial charge < -0.3 is 10.6 Å². The molecule has 0 aliphatic carbocycles. The number of nitrogens with one attached hydrogen (secondary N) is 3. The summed E-state index contributed by atoms with van der Waals surface area (Å²) in [6.07, 6.45) is 0. The summed E-state index contributed by atoms with van der Waals surface area (Å²) in [6, 6.07) is 23.8. The van der Waals surface area contributed by atoms with Gasteiger partial charge in [-0.2, -0.15) is 5.10 Å². The van der Waals surface area contributed by atoms with Gasteiger partial charge in [0.15, 0.2) is 0 Å². The number of carbonyl (C=O) groups is 2. The maximum absolute atomic E-state index is 13.5. The normalized spacial score (nSPS) is 10.5. The molecule has 2 amide bonds. The molecule has 164 valence electrons. The number of hydrogen-bond acceptors (Lipinski definition) is 4. The molecule has 0 aliphatic rings. The first kappa shape index (κ1) is 21.7. The van der Waals surface area contributed by atoms with Crippen LogP contribution in [-0.4, -0.2) is 22.0 Å². The van der Waals surface area contributed by atoms with E-state index in [2.05, 4.69) is 20.8 Å². The number of H-pyrrole nitrogens is 1.